The van der Waals surface area contributed by atoms with Crippen LogP contribution in [0, 0.1) is 13.8 Å². The number of hydrogen-bond acceptors (Lipinski definition) is 5. The van der Waals surface area contributed by atoms with Gasteiger partial charge in [-0.05, 0) is 43.9 Å². The number of aryl methyl sites for hydroxylation is 2. The minimum Gasteiger partial charge on any atom is -0.301 e. The van der Waals surface area contributed by atoms with Crippen LogP contribution in [-0.2, 0) is 14.6 Å². The maximum Gasteiger partial charge on any atom is 0.248 e. The third-order valence-electron chi connectivity index (χ3n) is 4.63. The molecule has 24 heavy (non-hydrogen) atoms. The van der Waals surface area contributed by atoms with Gasteiger partial charge < -0.3 is 5.32 Å². The first-order valence-corrected chi connectivity index (χ1v) is 10.3. The summed E-state index contributed by atoms with van der Waals surface area (Å²) in [4.78, 5) is 17.2. The Kier molecular flexibility index (Phi) is 4.48. The Morgan fingerprint density at radius 1 is 1.25 bits per heavy atom. The van der Waals surface area contributed by atoms with Gasteiger partial charge in [-0.3, -0.25) is 4.79 Å². The number of nitrogens with one attached hydrogen (secondary N) is 1. The molecule has 7 heteroatoms. The van der Waals surface area contributed by atoms with Crippen molar-refractivity contribution in [2.75, 3.05) is 5.32 Å². The van der Waals surface area contributed by atoms with Crippen LogP contribution in [0.1, 0.15) is 36.8 Å². The quantitative estimate of drug-likeness (QED) is 0.901. The molecule has 128 valence electrons. The third-order valence-corrected chi connectivity index (χ3v) is 7.96. The Bertz CT molecular complexity index is 852. The van der Waals surface area contributed by atoms with Crippen LogP contribution in [0.4, 0.5) is 5.13 Å². The summed E-state index contributed by atoms with van der Waals surface area (Å²) in [5.74, 6) is -0.462. The van der Waals surface area contributed by atoms with Gasteiger partial charge in [-0.1, -0.05) is 25.0 Å². The van der Waals surface area contributed by atoms with Gasteiger partial charge in [0.25, 0.3) is 0 Å². The topological polar surface area (TPSA) is 76.1 Å². The second-order valence-corrected chi connectivity index (χ2v) is 9.39. The van der Waals surface area contributed by atoms with Crippen molar-refractivity contribution in [2.45, 2.75) is 49.2 Å². The van der Waals surface area contributed by atoms with Crippen molar-refractivity contribution in [2.24, 2.45) is 0 Å². The van der Waals surface area contributed by atoms with E-state index in [2.05, 4.69) is 10.3 Å². The summed E-state index contributed by atoms with van der Waals surface area (Å²) in [7, 11) is -3.79. The van der Waals surface area contributed by atoms with Gasteiger partial charge in [0, 0.05) is 11.6 Å². The zero-order valence-electron chi connectivity index (χ0n) is 13.7. The normalized spacial score (nSPS) is 16.9. The minimum atomic E-state index is -3.79. The van der Waals surface area contributed by atoms with Crippen LogP contribution in [0.15, 0.2) is 34.7 Å². The molecule has 1 amide bonds. The summed E-state index contributed by atoms with van der Waals surface area (Å²) in [5.41, 5.74) is 1.54. The predicted octanol–water partition coefficient (Wildman–Crippen LogP) is 3.49. The Balaban J connectivity index is 2.06. The van der Waals surface area contributed by atoms with Crippen molar-refractivity contribution >= 4 is 32.2 Å². The van der Waals surface area contributed by atoms with Gasteiger partial charge in [-0.25, -0.2) is 13.4 Å². The average molecular weight is 364 g/mol. The maximum absolute atomic E-state index is 13.4. The van der Waals surface area contributed by atoms with E-state index >= 15 is 0 Å². The molecule has 5 nitrogen and oxygen atoms in total. The molecule has 0 unspecified atom stereocenters. The van der Waals surface area contributed by atoms with Gasteiger partial charge in [0.05, 0.1) is 4.90 Å². The molecule has 0 spiro atoms. The van der Waals surface area contributed by atoms with Crippen LogP contribution in [-0.4, -0.2) is 24.1 Å². The lowest BCUT2D eigenvalue weighted by Gasteiger charge is -2.28. The molecule has 1 aliphatic carbocycles. The number of nitrogens with zero attached hydrogens (tertiary/aromatic N) is 1. The van der Waals surface area contributed by atoms with Gasteiger partial charge >= 0.3 is 0 Å². The van der Waals surface area contributed by atoms with Gasteiger partial charge in [0.15, 0.2) is 19.7 Å². The molecule has 1 aromatic heterocycles. The van der Waals surface area contributed by atoms with Crippen molar-refractivity contribution < 1.29 is 13.2 Å². The number of carbonyl (C=O) groups is 1. The second-order valence-electron chi connectivity index (χ2n) is 6.27. The smallest absolute Gasteiger partial charge is 0.248 e. The maximum atomic E-state index is 13.4. The number of carbonyl (C=O) groups excluding carboxylic acids is 1. The van der Waals surface area contributed by atoms with Crippen LogP contribution < -0.4 is 5.32 Å². The highest BCUT2D eigenvalue weighted by molar-refractivity contribution is 7.93. The highest BCUT2D eigenvalue weighted by Crippen LogP contribution is 2.42. The Labute approximate surface area is 146 Å². The Morgan fingerprint density at radius 2 is 1.96 bits per heavy atom. The molecule has 1 aromatic carbocycles. The fraction of sp³-hybridized carbons (Fsp3) is 0.412. The summed E-state index contributed by atoms with van der Waals surface area (Å²) >= 11 is 1.28. The van der Waals surface area contributed by atoms with Crippen molar-refractivity contribution in [3.05, 3.63) is 40.9 Å². The molecule has 0 atom stereocenters. The standard InChI is InChI=1S/C17H20N2O3S2/c1-12-5-6-13(2)14(11-12)24(21,22)17(7-3-4-8-17)15(20)19-16-18-9-10-23-16/h5-6,9-11H,3-4,7-8H2,1-2H3,(H,18,19,20). The molecular weight excluding hydrogens is 344 g/mol. The first-order valence-electron chi connectivity index (χ1n) is 7.90. The molecule has 0 aliphatic heterocycles. The lowest BCUT2D eigenvalue weighted by atomic mass is 10.1. The van der Waals surface area contributed by atoms with Crippen LogP contribution in [0.25, 0.3) is 0 Å². The van der Waals surface area contributed by atoms with E-state index in [-0.39, 0.29) is 4.90 Å². The fourth-order valence-electron chi connectivity index (χ4n) is 3.27. The number of anilines is 1. The Hall–Kier alpha value is -1.73. The number of hydrogen-bond donors (Lipinski definition) is 1. The van der Waals surface area contributed by atoms with E-state index in [1.165, 1.54) is 11.3 Å². The van der Waals surface area contributed by atoms with Crippen LogP contribution in [0.2, 0.25) is 0 Å². The second kappa shape index (κ2) is 6.29. The monoisotopic (exact) mass is 364 g/mol. The summed E-state index contributed by atoms with van der Waals surface area (Å²) in [5, 5.41) is 4.88. The highest BCUT2D eigenvalue weighted by Gasteiger charge is 2.53. The van der Waals surface area contributed by atoms with E-state index in [9.17, 15) is 13.2 Å². The largest absolute Gasteiger partial charge is 0.301 e. The van der Waals surface area contributed by atoms with Crippen molar-refractivity contribution in [1.82, 2.24) is 4.98 Å². The number of aromatic nitrogens is 1. The van der Waals surface area contributed by atoms with Gasteiger partial charge in [-0.15, -0.1) is 11.3 Å². The fourth-order valence-corrected chi connectivity index (χ4v) is 6.17. The first kappa shape index (κ1) is 17.1. The van der Waals surface area contributed by atoms with Crippen molar-refractivity contribution in [1.29, 1.82) is 0 Å². The summed E-state index contributed by atoms with van der Waals surface area (Å²) in [6.07, 6.45) is 3.74. The summed E-state index contributed by atoms with van der Waals surface area (Å²) < 4.78 is 25.4. The molecular formula is C17H20N2O3S2. The number of amides is 1. The molecule has 0 radical (unpaired) electrons. The SMILES string of the molecule is Cc1ccc(C)c(S(=O)(=O)C2(C(=O)Nc3nccs3)CCCC2)c1. The van der Waals surface area contributed by atoms with E-state index < -0.39 is 20.5 Å². The molecule has 3 rings (SSSR count). The zero-order chi connectivity index (χ0) is 17.4. The van der Waals surface area contributed by atoms with E-state index in [4.69, 9.17) is 0 Å². The van der Waals surface area contributed by atoms with Crippen molar-refractivity contribution in [3.8, 4) is 0 Å². The number of thiazole rings is 1. The summed E-state index contributed by atoms with van der Waals surface area (Å²) in [6.45, 7) is 3.63. The Morgan fingerprint density at radius 3 is 2.58 bits per heavy atom. The molecule has 1 N–H and O–H groups in total. The third kappa shape index (κ3) is 2.75. The van der Waals surface area contributed by atoms with E-state index in [0.717, 1.165) is 18.4 Å². The molecule has 1 heterocycles. The van der Waals surface area contributed by atoms with E-state index in [1.54, 1.807) is 30.6 Å². The van der Waals surface area contributed by atoms with E-state index in [1.807, 2.05) is 13.0 Å². The molecule has 0 bridgehead atoms. The lowest BCUT2D eigenvalue weighted by Crippen LogP contribution is -2.47. The molecule has 0 saturated heterocycles. The predicted molar refractivity (Wildman–Crippen MR) is 95.0 cm³/mol. The van der Waals surface area contributed by atoms with Gasteiger partial charge in [0.1, 0.15) is 0 Å². The van der Waals surface area contributed by atoms with Gasteiger partial charge in [0.2, 0.25) is 5.91 Å². The highest BCUT2D eigenvalue weighted by atomic mass is 32.2. The first-order chi connectivity index (χ1) is 11.4. The average Bonchev–Trinajstić information content (AvgIpc) is 3.21. The number of sulfone groups is 1. The lowest BCUT2D eigenvalue weighted by molar-refractivity contribution is -0.118. The number of rotatable bonds is 4. The number of benzene rings is 1. The van der Waals surface area contributed by atoms with E-state index in [0.29, 0.717) is 23.5 Å². The van der Waals surface area contributed by atoms with Crippen LogP contribution in [0.5, 0.6) is 0 Å². The molecule has 1 aliphatic rings. The van der Waals surface area contributed by atoms with Crippen LogP contribution >= 0.6 is 11.3 Å². The van der Waals surface area contributed by atoms with Crippen LogP contribution in [0.3, 0.4) is 0 Å². The molecule has 1 fully saturated rings. The van der Waals surface area contributed by atoms with Gasteiger partial charge in [-0.2, -0.15) is 0 Å². The van der Waals surface area contributed by atoms with Crippen molar-refractivity contribution in [3.63, 3.8) is 0 Å². The zero-order valence-corrected chi connectivity index (χ0v) is 15.3. The molecule has 2 aromatic rings. The minimum absolute atomic E-state index is 0.263. The molecule has 1 saturated carbocycles. The summed E-state index contributed by atoms with van der Waals surface area (Å²) in [6, 6.07) is 5.34.